The van der Waals surface area contributed by atoms with Crippen molar-refractivity contribution >= 4 is 17.4 Å². The first-order chi connectivity index (χ1) is 10.2. The molecule has 108 valence electrons. The fraction of sp³-hybridized carbons (Fsp3) is 0.214. The highest BCUT2D eigenvalue weighted by Gasteiger charge is 2.14. The second-order valence-electron chi connectivity index (χ2n) is 4.31. The Hall–Kier alpha value is -2.34. The smallest absolute Gasteiger partial charge is 0.256 e. The molecular weight excluding hydrogens is 292 g/mol. The van der Waals surface area contributed by atoms with Crippen LogP contribution in [0.25, 0.3) is 5.78 Å². The average Bonchev–Trinajstić information content (AvgIpc) is 2.94. The molecule has 0 amide bonds. The summed E-state index contributed by atoms with van der Waals surface area (Å²) in [4.78, 5) is 8.15. The van der Waals surface area contributed by atoms with Gasteiger partial charge in [-0.2, -0.15) is 19.6 Å². The number of fused-ring (bicyclic) bond motifs is 1. The van der Waals surface area contributed by atoms with Crippen molar-refractivity contribution in [3.8, 4) is 17.4 Å². The molecule has 0 N–H and O–H groups in total. The lowest BCUT2D eigenvalue weighted by atomic mass is 10.3. The zero-order valence-electron chi connectivity index (χ0n) is 11.6. The Kier molecular flexibility index (Phi) is 3.62. The second kappa shape index (κ2) is 5.57. The number of ether oxygens (including phenoxy) is 2. The zero-order valence-corrected chi connectivity index (χ0v) is 12.3. The summed E-state index contributed by atoms with van der Waals surface area (Å²) in [5.41, 5.74) is 0.698. The zero-order chi connectivity index (χ0) is 14.8. The third-order valence-corrected chi connectivity index (χ3v) is 3.27. The molecular formula is C14H13ClN4O2. The number of halogens is 1. The Morgan fingerprint density at radius 1 is 1.19 bits per heavy atom. The SMILES string of the molecule is CCOc1ccc(Oc2c(C)c(Cl)nc3ncnn23)cc1. The first-order valence-corrected chi connectivity index (χ1v) is 6.83. The molecule has 0 saturated heterocycles. The van der Waals surface area contributed by atoms with Gasteiger partial charge in [-0.05, 0) is 38.1 Å². The van der Waals surface area contributed by atoms with Gasteiger partial charge in [0, 0.05) is 5.56 Å². The monoisotopic (exact) mass is 304 g/mol. The van der Waals surface area contributed by atoms with Gasteiger partial charge in [-0.1, -0.05) is 11.6 Å². The molecule has 0 atom stereocenters. The van der Waals surface area contributed by atoms with E-state index in [-0.39, 0.29) is 0 Å². The number of nitrogens with zero attached hydrogens (tertiary/aromatic N) is 4. The van der Waals surface area contributed by atoms with E-state index in [2.05, 4.69) is 15.1 Å². The van der Waals surface area contributed by atoms with Crippen LogP contribution in [0.2, 0.25) is 5.15 Å². The molecule has 0 spiro atoms. The van der Waals surface area contributed by atoms with Crippen LogP contribution in [0.4, 0.5) is 0 Å². The summed E-state index contributed by atoms with van der Waals surface area (Å²) < 4.78 is 12.8. The number of benzene rings is 1. The van der Waals surface area contributed by atoms with Gasteiger partial charge >= 0.3 is 0 Å². The fourth-order valence-corrected chi connectivity index (χ4v) is 2.03. The number of aromatic nitrogens is 4. The average molecular weight is 305 g/mol. The van der Waals surface area contributed by atoms with Gasteiger partial charge in [-0.3, -0.25) is 0 Å². The van der Waals surface area contributed by atoms with Crippen LogP contribution >= 0.6 is 11.6 Å². The molecule has 0 aliphatic carbocycles. The lowest BCUT2D eigenvalue weighted by Gasteiger charge is -2.11. The van der Waals surface area contributed by atoms with Crippen molar-refractivity contribution in [1.82, 2.24) is 19.6 Å². The largest absolute Gasteiger partial charge is 0.494 e. The van der Waals surface area contributed by atoms with Crippen LogP contribution in [0.3, 0.4) is 0 Å². The van der Waals surface area contributed by atoms with Crippen molar-refractivity contribution in [3.05, 3.63) is 41.3 Å². The maximum absolute atomic E-state index is 6.09. The molecule has 6 nitrogen and oxygen atoms in total. The van der Waals surface area contributed by atoms with E-state index in [9.17, 15) is 0 Å². The first-order valence-electron chi connectivity index (χ1n) is 6.45. The summed E-state index contributed by atoms with van der Waals surface area (Å²) in [5.74, 6) is 2.33. The molecule has 3 rings (SSSR count). The van der Waals surface area contributed by atoms with E-state index in [4.69, 9.17) is 21.1 Å². The Labute approximate surface area is 126 Å². The molecule has 21 heavy (non-hydrogen) atoms. The fourth-order valence-electron chi connectivity index (χ4n) is 1.88. The molecule has 2 aromatic heterocycles. The number of hydrogen-bond donors (Lipinski definition) is 0. The van der Waals surface area contributed by atoms with Crippen molar-refractivity contribution in [1.29, 1.82) is 0 Å². The highest BCUT2D eigenvalue weighted by Crippen LogP contribution is 2.29. The molecule has 2 heterocycles. The Bertz CT molecular complexity index is 770. The van der Waals surface area contributed by atoms with Crippen LogP contribution in [0.15, 0.2) is 30.6 Å². The van der Waals surface area contributed by atoms with E-state index in [0.717, 1.165) is 5.75 Å². The highest BCUT2D eigenvalue weighted by atomic mass is 35.5. The number of rotatable bonds is 4. The molecule has 0 fully saturated rings. The molecule has 0 unspecified atom stereocenters. The lowest BCUT2D eigenvalue weighted by Crippen LogP contribution is -2.01. The van der Waals surface area contributed by atoms with Gasteiger partial charge in [0.15, 0.2) is 0 Å². The van der Waals surface area contributed by atoms with Crippen LogP contribution in [0.5, 0.6) is 17.4 Å². The minimum absolute atomic E-state index is 0.344. The van der Waals surface area contributed by atoms with Gasteiger partial charge < -0.3 is 9.47 Å². The van der Waals surface area contributed by atoms with E-state index < -0.39 is 0 Å². The van der Waals surface area contributed by atoms with Gasteiger partial charge in [0.1, 0.15) is 23.0 Å². The molecule has 0 saturated carbocycles. The van der Waals surface area contributed by atoms with Crippen molar-refractivity contribution in [2.45, 2.75) is 13.8 Å². The Balaban J connectivity index is 1.97. The summed E-state index contributed by atoms with van der Waals surface area (Å²) in [6.45, 7) is 4.38. The number of hydrogen-bond acceptors (Lipinski definition) is 5. The van der Waals surface area contributed by atoms with Crippen molar-refractivity contribution in [2.24, 2.45) is 0 Å². The van der Waals surface area contributed by atoms with Crippen LogP contribution in [0.1, 0.15) is 12.5 Å². The molecule has 0 radical (unpaired) electrons. The van der Waals surface area contributed by atoms with Crippen LogP contribution < -0.4 is 9.47 Å². The lowest BCUT2D eigenvalue weighted by molar-refractivity contribution is 0.339. The molecule has 7 heteroatoms. The summed E-state index contributed by atoms with van der Waals surface area (Å²) in [5, 5.41) is 4.44. The third-order valence-electron chi connectivity index (χ3n) is 2.90. The molecule has 1 aromatic carbocycles. The molecule has 0 aliphatic heterocycles. The van der Waals surface area contributed by atoms with E-state index in [1.54, 1.807) is 0 Å². The van der Waals surface area contributed by atoms with Crippen LogP contribution in [-0.4, -0.2) is 26.2 Å². The topological polar surface area (TPSA) is 61.5 Å². The van der Waals surface area contributed by atoms with Gasteiger partial charge in [-0.25, -0.2) is 0 Å². The quantitative estimate of drug-likeness (QED) is 0.692. The van der Waals surface area contributed by atoms with E-state index in [0.29, 0.717) is 34.7 Å². The maximum atomic E-state index is 6.09. The van der Waals surface area contributed by atoms with E-state index >= 15 is 0 Å². The van der Waals surface area contributed by atoms with E-state index in [1.807, 2.05) is 38.1 Å². The third kappa shape index (κ3) is 2.62. The minimum atomic E-state index is 0.344. The van der Waals surface area contributed by atoms with Crippen LogP contribution in [0, 0.1) is 6.92 Å². The predicted molar refractivity (Wildman–Crippen MR) is 78.2 cm³/mol. The van der Waals surface area contributed by atoms with Crippen molar-refractivity contribution in [2.75, 3.05) is 6.61 Å². The van der Waals surface area contributed by atoms with Gasteiger partial charge in [0.2, 0.25) is 5.88 Å². The molecule has 0 bridgehead atoms. The standard InChI is InChI=1S/C14H13ClN4O2/c1-3-20-10-4-6-11(7-5-10)21-13-9(2)12(15)18-14-16-8-17-19(13)14/h4-8H,3H2,1-2H3. The summed E-state index contributed by atoms with van der Waals surface area (Å²) in [6.07, 6.45) is 1.41. The summed E-state index contributed by atoms with van der Waals surface area (Å²) in [7, 11) is 0. The first kappa shape index (κ1) is 13.6. The summed E-state index contributed by atoms with van der Waals surface area (Å²) >= 11 is 6.09. The van der Waals surface area contributed by atoms with Gasteiger partial charge in [0.05, 0.1) is 6.61 Å². The maximum Gasteiger partial charge on any atom is 0.256 e. The second-order valence-corrected chi connectivity index (χ2v) is 4.67. The van der Waals surface area contributed by atoms with E-state index in [1.165, 1.54) is 10.8 Å². The molecule has 0 aliphatic rings. The molecule has 3 aromatic rings. The van der Waals surface area contributed by atoms with Crippen molar-refractivity contribution < 1.29 is 9.47 Å². The normalized spacial score (nSPS) is 10.8. The van der Waals surface area contributed by atoms with Gasteiger partial charge in [0.25, 0.3) is 5.78 Å². The summed E-state index contributed by atoms with van der Waals surface area (Å²) in [6, 6.07) is 7.33. The van der Waals surface area contributed by atoms with Gasteiger partial charge in [-0.15, -0.1) is 0 Å². The Morgan fingerprint density at radius 3 is 2.62 bits per heavy atom. The predicted octanol–water partition coefficient (Wildman–Crippen LogP) is 3.28. The highest BCUT2D eigenvalue weighted by molar-refractivity contribution is 6.30. The minimum Gasteiger partial charge on any atom is -0.494 e. The van der Waals surface area contributed by atoms with Crippen molar-refractivity contribution in [3.63, 3.8) is 0 Å². The Morgan fingerprint density at radius 2 is 1.90 bits per heavy atom. The van der Waals surface area contributed by atoms with Crippen LogP contribution in [-0.2, 0) is 0 Å².